The molecule has 3 nitrogen and oxygen atoms in total. The molecule has 0 aromatic carbocycles. The van der Waals surface area contributed by atoms with Gasteiger partial charge in [-0.3, -0.25) is 4.79 Å². The van der Waals surface area contributed by atoms with Crippen molar-refractivity contribution in [2.24, 2.45) is 0 Å². The molecular weight excluding hydrogens is 168 g/mol. The number of ether oxygens (including phenoxy) is 1. The number of carbonyl (C=O) groups excluding carboxylic acids is 1. The van der Waals surface area contributed by atoms with Gasteiger partial charge in [0.1, 0.15) is 6.10 Å². The summed E-state index contributed by atoms with van der Waals surface area (Å²) in [6, 6.07) is 0. The Morgan fingerprint density at radius 1 is 1.38 bits per heavy atom. The van der Waals surface area contributed by atoms with E-state index in [1.54, 1.807) is 6.92 Å². The second-order valence-electron chi connectivity index (χ2n) is 3.59. The molecule has 3 heteroatoms. The van der Waals surface area contributed by atoms with E-state index >= 15 is 0 Å². The topological polar surface area (TPSA) is 46.5 Å². The van der Waals surface area contributed by atoms with Gasteiger partial charge in [-0.1, -0.05) is 19.8 Å². The predicted molar refractivity (Wildman–Crippen MR) is 49.3 cm³/mol. The Bertz CT molecular complexity index is 168. The Morgan fingerprint density at radius 2 is 2.08 bits per heavy atom. The molecule has 0 bridgehead atoms. The van der Waals surface area contributed by atoms with Crippen LogP contribution in [0, 0.1) is 0 Å². The monoisotopic (exact) mass is 186 g/mol. The third-order valence-corrected chi connectivity index (χ3v) is 2.49. The molecule has 0 unspecified atom stereocenters. The maximum atomic E-state index is 11.0. The van der Waals surface area contributed by atoms with Gasteiger partial charge in [0.15, 0.2) is 0 Å². The zero-order chi connectivity index (χ0) is 9.68. The van der Waals surface area contributed by atoms with E-state index in [2.05, 4.69) is 0 Å². The molecule has 0 saturated heterocycles. The summed E-state index contributed by atoms with van der Waals surface area (Å²) in [5, 5.41) is 9.62. The summed E-state index contributed by atoms with van der Waals surface area (Å²) in [6.45, 7) is 1.77. The Balaban J connectivity index is 2.40. The molecule has 1 N–H and O–H groups in total. The van der Waals surface area contributed by atoms with E-state index in [1.807, 2.05) is 0 Å². The van der Waals surface area contributed by atoms with Crippen molar-refractivity contribution in [1.29, 1.82) is 0 Å². The van der Waals surface area contributed by atoms with E-state index in [-0.39, 0.29) is 12.1 Å². The van der Waals surface area contributed by atoms with Gasteiger partial charge in [-0.05, 0) is 19.3 Å². The zero-order valence-corrected chi connectivity index (χ0v) is 8.16. The smallest absolute Gasteiger partial charge is 0.305 e. The molecule has 1 aliphatic carbocycles. The highest BCUT2D eigenvalue weighted by Crippen LogP contribution is 2.20. The molecule has 2 atom stereocenters. The average molecular weight is 186 g/mol. The molecular formula is C10H18O3. The van der Waals surface area contributed by atoms with Crippen LogP contribution in [0.25, 0.3) is 0 Å². The van der Waals surface area contributed by atoms with Crippen molar-refractivity contribution in [2.75, 3.05) is 0 Å². The molecule has 0 spiro atoms. The molecule has 0 radical (unpaired) electrons. The Labute approximate surface area is 79.1 Å². The summed E-state index contributed by atoms with van der Waals surface area (Å²) in [5.41, 5.74) is 0. The lowest BCUT2D eigenvalue weighted by molar-refractivity contribution is -0.155. The molecule has 1 fully saturated rings. The van der Waals surface area contributed by atoms with Gasteiger partial charge >= 0.3 is 5.97 Å². The fourth-order valence-corrected chi connectivity index (χ4v) is 1.64. The number of carbonyl (C=O) groups is 1. The molecule has 0 heterocycles. The van der Waals surface area contributed by atoms with Crippen LogP contribution in [0.4, 0.5) is 0 Å². The number of rotatable bonds is 2. The first-order valence-corrected chi connectivity index (χ1v) is 5.11. The van der Waals surface area contributed by atoms with E-state index < -0.39 is 6.10 Å². The second-order valence-corrected chi connectivity index (χ2v) is 3.59. The summed E-state index contributed by atoms with van der Waals surface area (Å²) in [4.78, 5) is 11.0. The number of hydrogen-bond acceptors (Lipinski definition) is 3. The maximum Gasteiger partial charge on any atom is 0.305 e. The lowest BCUT2D eigenvalue weighted by Gasteiger charge is -2.20. The summed E-state index contributed by atoms with van der Waals surface area (Å²) in [7, 11) is 0. The average Bonchev–Trinajstić information content (AvgIpc) is 2.32. The van der Waals surface area contributed by atoms with Gasteiger partial charge in [-0.2, -0.15) is 0 Å². The third-order valence-electron chi connectivity index (χ3n) is 2.49. The normalized spacial score (nSPS) is 29.4. The first-order valence-electron chi connectivity index (χ1n) is 5.11. The van der Waals surface area contributed by atoms with E-state index in [4.69, 9.17) is 4.74 Å². The van der Waals surface area contributed by atoms with Gasteiger partial charge < -0.3 is 9.84 Å². The number of hydrogen-bond donors (Lipinski definition) is 1. The highest BCUT2D eigenvalue weighted by atomic mass is 16.6. The SMILES string of the molecule is CCC(=O)O[C@@H]1CCCCC[C@H]1O. The van der Waals surface area contributed by atoms with Crippen molar-refractivity contribution in [3.05, 3.63) is 0 Å². The lowest BCUT2D eigenvalue weighted by atomic mass is 10.1. The van der Waals surface area contributed by atoms with Gasteiger partial charge in [0, 0.05) is 6.42 Å². The standard InChI is InChI=1S/C10H18O3/c1-2-10(12)13-9-7-5-3-4-6-8(9)11/h8-9,11H,2-7H2,1H3/t8-,9-/m1/s1. The van der Waals surface area contributed by atoms with E-state index in [0.717, 1.165) is 32.1 Å². The minimum Gasteiger partial charge on any atom is -0.460 e. The van der Waals surface area contributed by atoms with Gasteiger partial charge in [0.2, 0.25) is 0 Å². The van der Waals surface area contributed by atoms with Crippen LogP contribution in [0.1, 0.15) is 45.4 Å². The van der Waals surface area contributed by atoms with Gasteiger partial charge in [0.05, 0.1) is 6.10 Å². The predicted octanol–water partition coefficient (Wildman–Crippen LogP) is 1.63. The number of esters is 1. The van der Waals surface area contributed by atoms with Crippen LogP contribution in [0.3, 0.4) is 0 Å². The summed E-state index contributed by atoms with van der Waals surface area (Å²) in [5.74, 6) is -0.203. The van der Waals surface area contributed by atoms with Crippen molar-refractivity contribution < 1.29 is 14.6 Å². The molecule has 1 rings (SSSR count). The van der Waals surface area contributed by atoms with Crippen molar-refractivity contribution in [2.45, 2.75) is 57.7 Å². The van der Waals surface area contributed by atoms with Crippen LogP contribution in [0.5, 0.6) is 0 Å². The second kappa shape index (κ2) is 5.22. The highest BCUT2D eigenvalue weighted by molar-refractivity contribution is 5.69. The molecule has 1 saturated carbocycles. The molecule has 0 amide bonds. The zero-order valence-electron chi connectivity index (χ0n) is 8.16. The van der Waals surface area contributed by atoms with E-state index in [9.17, 15) is 9.90 Å². The van der Waals surface area contributed by atoms with Crippen molar-refractivity contribution in [1.82, 2.24) is 0 Å². The maximum absolute atomic E-state index is 11.0. The van der Waals surface area contributed by atoms with Gasteiger partial charge in [0.25, 0.3) is 0 Å². The Kier molecular flexibility index (Phi) is 4.22. The third kappa shape index (κ3) is 3.35. The van der Waals surface area contributed by atoms with Crippen LogP contribution >= 0.6 is 0 Å². The molecule has 1 aliphatic rings. The number of aliphatic hydroxyl groups is 1. The minimum absolute atomic E-state index is 0.203. The fraction of sp³-hybridized carbons (Fsp3) is 0.900. The number of aliphatic hydroxyl groups excluding tert-OH is 1. The fourth-order valence-electron chi connectivity index (χ4n) is 1.64. The quantitative estimate of drug-likeness (QED) is 0.526. The molecule has 0 aliphatic heterocycles. The van der Waals surface area contributed by atoms with E-state index in [0.29, 0.717) is 6.42 Å². The Hall–Kier alpha value is -0.570. The largest absolute Gasteiger partial charge is 0.460 e. The lowest BCUT2D eigenvalue weighted by Crippen LogP contribution is -2.29. The molecule has 76 valence electrons. The highest BCUT2D eigenvalue weighted by Gasteiger charge is 2.24. The van der Waals surface area contributed by atoms with Crippen LogP contribution in [-0.2, 0) is 9.53 Å². The molecule has 0 aromatic rings. The first-order chi connectivity index (χ1) is 6.24. The Morgan fingerprint density at radius 3 is 2.77 bits per heavy atom. The van der Waals surface area contributed by atoms with Crippen LogP contribution in [0.15, 0.2) is 0 Å². The van der Waals surface area contributed by atoms with Crippen LogP contribution in [0.2, 0.25) is 0 Å². The summed E-state index contributed by atoms with van der Waals surface area (Å²) >= 11 is 0. The first kappa shape index (κ1) is 10.5. The minimum atomic E-state index is -0.446. The van der Waals surface area contributed by atoms with E-state index in [1.165, 1.54) is 0 Å². The van der Waals surface area contributed by atoms with Crippen molar-refractivity contribution in [3.8, 4) is 0 Å². The van der Waals surface area contributed by atoms with Crippen molar-refractivity contribution >= 4 is 5.97 Å². The molecule has 0 aromatic heterocycles. The van der Waals surface area contributed by atoms with Crippen LogP contribution in [-0.4, -0.2) is 23.3 Å². The van der Waals surface area contributed by atoms with Crippen LogP contribution < -0.4 is 0 Å². The summed E-state index contributed by atoms with van der Waals surface area (Å²) < 4.78 is 5.14. The van der Waals surface area contributed by atoms with Gasteiger partial charge in [-0.25, -0.2) is 0 Å². The molecule has 13 heavy (non-hydrogen) atoms. The van der Waals surface area contributed by atoms with Gasteiger partial charge in [-0.15, -0.1) is 0 Å². The summed E-state index contributed by atoms with van der Waals surface area (Å²) in [6.07, 6.45) is 4.50. The van der Waals surface area contributed by atoms with Crippen molar-refractivity contribution in [3.63, 3.8) is 0 Å².